The molecule has 2 atom stereocenters. The molecule has 4 fully saturated rings. The van der Waals surface area contributed by atoms with Crippen LogP contribution in [-0.4, -0.2) is 12.6 Å². The standard InChI is InChI=1S/C20H27Br2NO/c1-18-6-13-7-19(2,10-18)12-20(8-13,11-18)23-9-14-4-15(21)5-16(22)17(14)24-3/h4-5,13,23H,6-12H2,1-3H3. The molecule has 0 amide bonds. The second-order valence-corrected chi connectivity index (χ2v) is 11.1. The van der Waals surface area contributed by atoms with E-state index in [4.69, 9.17) is 4.74 Å². The summed E-state index contributed by atoms with van der Waals surface area (Å²) in [5.74, 6) is 1.87. The van der Waals surface area contributed by atoms with Gasteiger partial charge in [0.15, 0.2) is 0 Å². The minimum atomic E-state index is 0.322. The SMILES string of the molecule is COc1c(Br)cc(Br)cc1CNC12CC3CC(C)(CC(C)(C3)C1)C2. The lowest BCUT2D eigenvalue weighted by molar-refractivity contribution is -0.118. The van der Waals surface area contributed by atoms with Gasteiger partial charge >= 0.3 is 0 Å². The second kappa shape index (κ2) is 5.72. The molecule has 0 aromatic heterocycles. The van der Waals surface area contributed by atoms with Gasteiger partial charge in [-0.05, 0) is 83.3 Å². The Labute approximate surface area is 162 Å². The zero-order chi connectivity index (χ0) is 17.2. The summed E-state index contributed by atoms with van der Waals surface area (Å²) in [6, 6.07) is 4.23. The molecule has 0 aliphatic heterocycles. The third kappa shape index (κ3) is 2.97. The van der Waals surface area contributed by atoms with E-state index in [2.05, 4.69) is 63.2 Å². The van der Waals surface area contributed by atoms with Gasteiger partial charge in [0.1, 0.15) is 5.75 Å². The number of ether oxygens (including phenoxy) is 1. The van der Waals surface area contributed by atoms with E-state index in [-0.39, 0.29) is 0 Å². The lowest BCUT2D eigenvalue weighted by Gasteiger charge is -2.65. The van der Waals surface area contributed by atoms with E-state index in [0.717, 1.165) is 27.2 Å². The number of benzene rings is 1. The van der Waals surface area contributed by atoms with Gasteiger partial charge in [0, 0.05) is 22.1 Å². The number of hydrogen-bond donors (Lipinski definition) is 1. The van der Waals surface area contributed by atoms with Crippen LogP contribution in [0.3, 0.4) is 0 Å². The monoisotopic (exact) mass is 455 g/mol. The lowest BCUT2D eigenvalue weighted by atomic mass is 9.43. The van der Waals surface area contributed by atoms with Gasteiger partial charge in [-0.2, -0.15) is 0 Å². The van der Waals surface area contributed by atoms with Gasteiger partial charge in [0.2, 0.25) is 0 Å². The molecule has 0 saturated heterocycles. The van der Waals surface area contributed by atoms with Crippen molar-refractivity contribution in [2.75, 3.05) is 7.11 Å². The van der Waals surface area contributed by atoms with Crippen molar-refractivity contribution in [3.8, 4) is 5.75 Å². The fourth-order valence-corrected chi connectivity index (χ4v) is 8.38. The molecule has 0 radical (unpaired) electrons. The van der Waals surface area contributed by atoms with E-state index in [0.29, 0.717) is 16.4 Å². The van der Waals surface area contributed by atoms with Crippen molar-refractivity contribution in [3.05, 3.63) is 26.6 Å². The molecule has 4 bridgehead atoms. The zero-order valence-corrected chi connectivity index (χ0v) is 18.0. The molecule has 1 aromatic carbocycles. The molecule has 4 saturated carbocycles. The summed E-state index contributed by atoms with van der Waals surface area (Å²) in [5, 5.41) is 4.00. The maximum Gasteiger partial charge on any atom is 0.137 e. The summed E-state index contributed by atoms with van der Waals surface area (Å²) in [4.78, 5) is 0. The molecule has 4 heteroatoms. The van der Waals surface area contributed by atoms with Gasteiger partial charge < -0.3 is 10.1 Å². The van der Waals surface area contributed by atoms with Crippen molar-refractivity contribution in [1.82, 2.24) is 5.32 Å². The zero-order valence-electron chi connectivity index (χ0n) is 14.8. The highest BCUT2D eigenvalue weighted by molar-refractivity contribution is 9.11. The van der Waals surface area contributed by atoms with Crippen LogP contribution in [0.25, 0.3) is 0 Å². The first-order chi connectivity index (χ1) is 11.2. The van der Waals surface area contributed by atoms with Crippen molar-refractivity contribution < 1.29 is 4.74 Å². The Morgan fingerprint density at radius 1 is 1.08 bits per heavy atom. The Kier molecular flexibility index (Phi) is 4.14. The summed E-state index contributed by atoms with van der Waals surface area (Å²) in [5.41, 5.74) is 2.64. The Morgan fingerprint density at radius 2 is 1.75 bits per heavy atom. The summed E-state index contributed by atoms with van der Waals surface area (Å²) in [6.07, 6.45) is 8.34. The predicted molar refractivity (Wildman–Crippen MR) is 105 cm³/mol. The van der Waals surface area contributed by atoms with E-state index in [1.165, 1.54) is 44.1 Å². The minimum Gasteiger partial charge on any atom is -0.495 e. The highest BCUT2D eigenvalue weighted by atomic mass is 79.9. The number of methoxy groups -OCH3 is 1. The molecule has 0 heterocycles. The average molecular weight is 457 g/mol. The van der Waals surface area contributed by atoms with Gasteiger partial charge in [-0.3, -0.25) is 0 Å². The van der Waals surface area contributed by atoms with Gasteiger partial charge in [-0.1, -0.05) is 29.8 Å². The predicted octanol–water partition coefficient (Wildman–Crippen LogP) is 6.06. The highest BCUT2D eigenvalue weighted by Crippen LogP contribution is 2.66. The number of hydrogen-bond acceptors (Lipinski definition) is 2. The first-order valence-electron chi connectivity index (χ1n) is 9.01. The second-order valence-electron chi connectivity index (χ2n) is 9.34. The first kappa shape index (κ1) is 17.4. The summed E-state index contributed by atoms with van der Waals surface area (Å²) < 4.78 is 7.74. The van der Waals surface area contributed by atoms with E-state index >= 15 is 0 Å². The smallest absolute Gasteiger partial charge is 0.137 e. The van der Waals surface area contributed by atoms with Crippen LogP contribution < -0.4 is 10.1 Å². The largest absolute Gasteiger partial charge is 0.495 e. The average Bonchev–Trinajstić information content (AvgIpc) is 2.40. The van der Waals surface area contributed by atoms with Gasteiger partial charge in [-0.25, -0.2) is 0 Å². The van der Waals surface area contributed by atoms with Crippen LogP contribution in [0.5, 0.6) is 5.75 Å². The minimum absolute atomic E-state index is 0.322. The summed E-state index contributed by atoms with van der Waals surface area (Å²) in [6.45, 7) is 5.94. The third-order valence-electron chi connectivity index (χ3n) is 6.57. The molecule has 2 unspecified atom stereocenters. The van der Waals surface area contributed by atoms with E-state index in [9.17, 15) is 0 Å². The maximum atomic E-state index is 5.63. The highest BCUT2D eigenvalue weighted by Gasteiger charge is 2.59. The van der Waals surface area contributed by atoms with Gasteiger partial charge in [0.05, 0.1) is 11.6 Å². The topological polar surface area (TPSA) is 21.3 Å². The fourth-order valence-electron chi connectivity index (χ4n) is 6.90. The molecule has 132 valence electrons. The quantitative estimate of drug-likeness (QED) is 0.594. The molecule has 2 nitrogen and oxygen atoms in total. The molecule has 1 aromatic rings. The Balaban J connectivity index is 1.58. The molecule has 1 N–H and O–H groups in total. The normalized spacial score (nSPS) is 40.1. The Morgan fingerprint density at radius 3 is 2.33 bits per heavy atom. The van der Waals surface area contributed by atoms with Crippen molar-refractivity contribution in [2.45, 2.75) is 64.5 Å². The van der Waals surface area contributed by atoms with E-state index < -0.39 is 0 Å². The lowest BCUT2D eigenvalue weighted by Crippen LogP contribution is -2.63. The maximum absolute atomic E-state index is 5.63. The molecular formula is C20H27Br2NO. The fraction of sp³-hybridized carbons (Fsp3) is 0.700. The van der Waals surface area contributed by atoms with Crippen molar-refractivity contribution in [1.29, 1.82) is 0 Å². The van der Waals surface area contributed by atoms with Crippen molar-refractivity contribution in [2.24, 2.45) is 16.7 Å². The van der Waals surface area contributed by atoms with Gasteiger partial charge in [0.25, 0.3) is 0 Å². The van der Waals surface area contributed by atoms with Crippen LogP contribution in [0.2, 0.25) is 0 Å². The molecule has 4 aliphatic carbocycles. The van der Waals surface area contributed by atoms with Crippen LogP contribution >= 0.6 is 31.9 Å². The van der Waals surface area contributed by atoms with Crippen LogP contribution in [0.4, 0.5) is 0 Å². The van der Waals surface area contributed by atoms with Crippen molar-refractivity contribution >= 4 is 31.9 Å². The van der Waals surface area contributed by atoms with Gasteiger partial charge in [-0.15, -0.1) is 0 Å². The Hall–Kier alpha value is -0.0600. The van der Waals surface area contributed by atoms with Crippen LogP contribution in [0.1, 0.15) is 57.9 Å². The molecule has 5 rings (SSSR count). The van der Waals surface area contributed by atoms with E-state index in [1.54, 1.807) is 7.11 Å². The van der Waals surface area contributed by atoms with Crippen LogP contribution in [-0.2, 0) is 6.54 Å². The van der Waals surface area contributed by atoms with Crippen LogP contribution in [0.15, 0.2) is 21.1 Å². The molecule has 0 spiro atoms. The number of halogens is 2. The first-order valence-corrected chi connectivity index (χ1v) is 10.6. The Bertz CT molecular complexity index is 656. The van der Waals surface area contributed by atoms with Crippen molar-refractivity contribution in [3.63, 3.8) is 0 Å². The summed E-state index contributed by atoms with van der Waals surface area (Å²) >= 11 is 7.24. The van der Waals surface area contributed by atoms with Crippen LogP contribution in [0, 0.1) is 16.7 Å². The molecule has 4 aliphatic rings. The number of nitrogens with one attached hydrogen (secondary N) is 1. The molecule has 24 heavy (non-hydrogen) atoms. The van der Waals surface area contributed by atoms with E-state index in [1.807, 2.05) is 0 Å². The third-order valence-corrected chi connectivity index (χ3v) is 7.62. The molecular weight excluding hydrogens is 430 g/mol. The summed E-state index contributed by atoms with van der Waals surface area (Å²) in [7, 11) is 1.75. The number of rotatable bonds is 4.